The summed E-state index contributed by atoms with van der Waals surface area (Å²) in [7, 11) is 3.42. The SMILES string of the molecule is COc1ccc(C2C(C(=O)NC3CCCNC3C)CCC(=O)N2C)cc1.Cl. The Hall–Kier alpha value is -1.79. The number of halogens is 1. The molecule has 2 amide bonds. The van der Waals surface area contributed by atoms with Gasteiger partial charge in [-0.2, -0.15) is 0 Å². The van der Waals surface area contributed by atoms with Gasteiger partial charge >= 0.3 is 0 Å². The van der Waals surface area contributed by atoms with Gasteiger partial charge in [-0.15, -0.1) is 12.4 Å². The number of ether oxygens (including phenoxy) is 1. The average Bonchev–Trinajstić information content (AvgIpc) is 2.65. The lowest BCUT2D eigenvalue weighted by Gasteiger charge is -2.40. The lowest BCUT2D eigenvalue weighted by molar-refractivity contribution is -0.142. The molecule has 0 radical (unpaired) electrons. The molecule has 150 valence electrons. The lowest BCUT2D eigenvalue weighted by Crippen LogP contribution is -2.55. The Morgan fingerprint density at radius 2 is 1.96 bits per heavy atom. The number of hydrogen-bond donors (Lipinski definition) is 2. The molecule has 27 heavy (non-hydrogen) atoms. The molecule has 2 heterocycles. The number of likely N-dealkylation sites (tertiary alicyclic amines) is 1. The van der Waals surface area contributed by atoms with E-state index in [9.17, 15) is 9.59 Å². The number of carbonyl (C=O) groups excluding carboxylic acids is 2. The molecule has 2 saturated heterocycles. The summed E-state index contributed by atoms with van der Waals surface area (Å²) in [4.78, 5) is 27.1. The van der Waals surface area contributed by atoms with Crippen LogP contribution in [0.5, 0.6) is 5.75 Å². The fourth-order valence-corrected chi connectivity index (χ4v) is 4.10. The average molecular weight is 396 g/mol. The Balaban J connectivity index is 0.00000261. The molecule has 0 saturated carbocycles. The third kappa shape index (κ3) is 4.74. The molecule has 2 fully saturated rings. The fraction of sp³-hybridized carbons (Fsp3) is 0.600. The van der Waals surface area contributed by atoms with Crippen molar-refractivity contribution in [2.75, 3.05) is 20.7 Å². The van der Waals surface area contributed by atoms with Crippen LogP contribution in [0.2, 0.25) is 0 Å². The molecule has 2 aliphatic heterocycles. The van der Waals surface area contributed by atoms with E-state index in [0.29, 0.717) is 12.8 Å². The second-order valence-corrected chi connectivity index (χ2v) is 7.37. The van der Waals surface area contributed by atoms with Gasteiger partial charge in [0, 0.05) is 25.6 Å². The van der Waals surface area contributed by atoms with Crippen molar-refractivity contribution < 1.29 is 14.3 Å². The number of benzene rings is 1. The van der Waals surface area contributed by atoms with Crippen molar-refractivity contribution in [2.45, 2.75) is 50.7 Å². The van der Waals surface area contributed by atoms with Crippen LogP contribution in [0, 0.1) is 5.92 Å². The Kier molecular flexibility index (Phi) is 7.50. The van der Waals surface area contributed by atoms with Crippen LogP contribution in [0.15, 0.2) is 24.3 Å². The summed E-state index contributed by atoms with van der Waals surface area (Å²) >= 11 is 0. The smallest absolute Gasteiger partial charge is 0.225 e. The van der Waals surface area contributed by atoms with E-state index in [2.05, 4.69) is 17.6 Å². The van der Waals surface area contributed by atoms with Crippen molar-refractivity contribution in [1.29, 1.82) is 0 Å². The van der Waals surface area contributed by atoms with Crippen molar-refractivity contribution in [2.24, 2.45) is 5.92 Å². The predicted molar refractivity (Wildman–Crippen MR) is 107 cm³/mol. The van der Waals surface area contributed by atoms with Crippen LogP contribution in [0.4, 0.5) is 0 Å². The third-order valence-electron chi connectivity index (χ3n) is 5.74. The summed E-state index contributed by atoms with van der Waals surface area (Å²) in [6, 6.07) is 7.84. The van der Waals surface area contributed by atoms with Crippen LogP contribution >= 0.6 is 12.4 Å². The van der Waals surface area contributed by atoms with Crippen molar-refractivity contribution >= 4 is 24.2 Å². The van der Waals surface area contributed by atoms with E-state index in [1.165, 1.54) is 0 Å². The Morgan fingerprint density at radius 3 is 2.59 bits per heavy atom. The maximum Gasteiger partial charge on any atom is 0.225 e. The van der Waals surface area contributed by atoms with E-state index >= 15 is 0 Å². The molecule has 2 N–H and O–H groups in total. The summed E-state index contributed by atoms with van der Waals surface area (Å²) in [6.45, 7) is 3.12. The van der Waals surface area contributed by atoms with Crippen LogP contribution in [0.1, 0.15) is 44.2 Å². The normalized spacial score (nSPS) is 28.3. The second-order valence-electron chi connectivity index (χ2n) is 7.37. The predicted octanol–water partition coefficient (Wildman–Crippen LogP) is 2.28. The van der Waals surface area contributed by atoms with Crippen LogP contribution in [0.25, 0.3) is 0 Å². The van der Waals surface area contributed by atoms with Crippen molar-refractivity contribution in [3.8, 4) is 5.75 Å². The topological polar surface area (TPSA) is 70.7 Å². The lowest BCUT2D eigenvalue weighted by atomic mass is 9.83. The fourth-order valence-electron chi connectivity index (χ4n) is 4.10. The van der Waals surface area contributed by atoms with E-state index in [4.69, 9.17) is 4.74 Å². The minimum absolute atomic E-state index is 0. The standard InChI is InChI=1S/C20H29N3O3.ClH/c1-13-17(5-4-12-21-13)22-20(25)16-10-11-18(24)23(2)19(16)14-6-8-15(26-3)9-7-14;/h6-9,13,16-17,19,21H,4-5,10-12H2,1-3H3,(H,22,25);1H. The van der Waals surface area contributed by atoms with E-state index < -0.39 is 0 Å². The molecule has 1 aromatic rings. The molecule has 0 spiro atoms. The number of carbonyl (C=O) groups is 2. The van der Waals surface area contributed by atoms with Gasteiger partial charge in [0.25, 0.3) is 0 Å². The first-order chi connectivity index (χ1) is 12.5. The monoisotopic (exact) mass is 395 g/mol. The highest BCUT2D eigenvalue weighted by atomic mass is 35.5. The minimum atomic E-state index is -0.242. The van der Waals surface area contributed by atoms with Gasteiger partial charge in [0.1, 0.15) is 5.75 Å². The van der Waals surface area contributed by atoms with Crippen molar-refractivity contribution in [3.05, 3.63) is 29.8 Å². The maximum absolute atomic E-state index is 13.1. The summed E-state index contributed by atoms with van der Waals surface area (Å²) < 4.78 is 5.22. The molecule has 7 heteroatoms. The zero-order valence-corrected chi connectivity index (χ0v) is 17.1. The van der Waals surface area contributed by atoms with Gasteiger partial charge in [0.05, 0.1) is 19.1 Å². The van der Waals surface area contributed by atoms with Gasteiger partial charge in [-0.3, -0.25) is 9.59 Å². The molecule has 3 rings (SSSR count). The largest absolute Gasteiger partial charge is 0.497 e. The van der Waals surface area contributed by atoms with Gasteiger partial charge in [0.15, 0.2) is 0 Å². The molecule has 0 bridgehead atoms. The number of nitrogens with one attached hydrogen (secondary N) is 2. The number of amides is 2. The highest BCUT2D eigenvalue weighted by molar-refractivity contribution is 5.85. The number of piperidine rings is 2. The molecule has 6 nitrogen and oxygen atoms in total. The van der Waals surface area contributed by atoms with Crippen molar-refractivity contribution in [3.63, 3.8) is 0 Å². The molecular weight excluding hydrogens is 366 g/mol. The molecular formula is C20H30ClN3O3. The van der Waals surface area contributed by atoms with Crippen LogP contribution in [-0.2, 0) is 9.59 Å². The first kappa shape index (κ1) is 21.5. The van der Waals surface area contributed by atoms with Gasteiger partial charge in [-0.1, -0.05) is 12.1 Å². The molecule has 0 aliphatic carbocycles. The first-order valence-corrected chi connectivity index (χ1v) is 9.44. The van der Waals surface area contributed by atoms with E-state index in [1.54, 1.807) is 19.1 Å². The number of methoxy groups -OCH3 is 1. The first-order valence-electron chi connectivity index (χ1n) is 9.44. The number of hydrogen-bond acceptors (Lipinski definition) is 4. The van der Waals surface area contributed by atoms with Gasteiger partial charge in [-0.05, 0) is 50.4 Å². The highest BCUT2D eigenvalue weighted by Crippen LogP contribution is 2.36. The minimum Gasteiger partial charge on any atom is -0.497 e. The van der Waals surface area contributed by atoms with Crippen LogP contribution in [0.3, 0.4) is 0 Å². The zero-order chi connectivity index (χ0) is 18.7. The zero-order valence-electron chi connectivity index (χ0n) is 16.2. The quantitative estimate of drug-likeness (QED) is 0.820. The number of rotatable bonds is 4. The summed E-state index contributed by atoms with van der Waals surface area (Å²) in [5, 5.41) is 6.65. The van der Waals surface area contributed by atoms with Crippen molar-refractivity contribution in [1.82, 2.24) is 15.5 Å². The molecule has 4 unspecified atom stereocenters. The third-order valence-corrected chi connectivity index (χ3v) is 5.74. The Morgan fingerprint density at radius 1 is 1.26 bits per heavy atom. The summed E-state index contributed by atoms with van der Waals surface area (Å²) in [5.41, 5.74) is 0.969. The Labute approximate surface area is 167 Å². The second kappa shape index (κ2) is 9.42. The van der Waals surface area contributed by atoms with Gasteiger partial charge in [0.2, 0.25) is 11.8 Å². The Bertz CT molecular complexity index is 652. The highest BCUT2D eigenvalue weighted by Gasteiger charge is 2.39. The summed E-state index contributed by atoms with van der Waals surface area (Å²) in [6.07, 6.45) is 3.06. The molecule has 0 aromatic heterocycles. The van der Waals surface area contributed by atoms with Crippen LogP contribution in [-0.4, -0.2) is 49.5 Å². The van der Waals surface area contributed by atoms with Gasteiger partial charge in [-0.25, -0.2) is 0 Å². The number of nitrogens with zero attached hydrogens (tertiary/aromatic N) is 1. The van der Waals surface area contributed by atoms with E-state index in [1.807, 2.05) is 24.3 Å². The molecule has 1 aromatic carbocycles. The molecule has 4 atom stereocenters. The van der Waals surface area contributed by atoms with E-state index in [0.717, 1.165) is 30.7 Å². The maximum atomic E-state index is 13.1. The van der Waals surface area contributed by atoms with E-state index in [-0.39, 0.29) is 48.3 Å². The molecule has 2 aliphatic rings. The van der Waals surface area contributed by atoms with Crippen LogP contribution < -0.4 is 15.4 Å². The summed E-state index contributed by atoms with van der Waals surface area (Å²) in [5.74, 6) is 0.662. The van der Waals surface area contributed by atoms with Gasteiger partial charge < -0.3 is 20.3 Å².